The van der Waals surface area contributed by atoms with Gasteiger partial charge in [0.1, 0.15) is 24.4 Å². The van der Waals surface area contributed by atoms with E-state index in [1.54, 1.807) is 13.8 Å². The van der Waals surface area contributed by atoms with Crippen molar-refractivity contribution >= 4 is 11.9 Å². The van der Waals surface area contributed by atoms with Crippen molar-refractivity contribution in [3.05, 3.63) is 0 Å². The molecular weight excluding hydrogens is 296 g/mol. The summed E-state index contributed by atoms with van der Waals surface area (Å²) in [5.74, 6) is -1.31. The number of carbonyl (C=O) groups is 2. The highest BCUT2D eigenvalue weighted by Crippen LogP contribution is 2.27. The van der Waals surface area contributed by atoms with Crippen LogP contribution in [0.3, 0.4) is 0 Å². The predicted octanol–water partition coefficient (Wildman–Crippen LogP) is -1.13. The lowest BCUT2D eigenvalue weighted by atomic mass is 9.84. The van der Waals surface area contributed by atoms with E-state index in [9.17, 15) is 30.0 Å². The van der Waals surface area contributed by atoms with Crippen LogP contribution < -0.4 is 0 Å². The van der Waals surface area contributed by atoms with Crippen molar-refractivity contribution < 1.29 is 39.5 Å². The van der Waals surface area contributed by atoms with Crippen molar-refractivity contribution in [2.45, 2.75) is 76.2 Å². The molecule has 22 heavy (non-hydrogen) atoms. The summed E-state index contributed by atoms with van der Waals surface area (Å²) >= 11 is 0. The minimum absolute atomic E-state index is 0.0770. The second-order valence-electron chi connectivity index (χ2n) is 5.37. The summed E-state index contributed by atoms with van der Waals surface area (Å²) in [4.78, 5) is 23.2. The second-order valence-corrected chi connectivity index (χ2v) is 5.37. The van der Waals surface area contributed by atoms with Crippen LogP contribution >= 0.6 is 0 Å². The lowest BCUT2D eigenvalue weighted by Crippen LogP contribution is -2.65. The molecule has 6 atom stereocenters. The molecule has 0 aliphatic heterocycles. The molecule has 0 spiro atoms. The molecule has 0 amide bonds. The van der Waals surface area contributed by atoms with Gasteiger partial charge in [0.2, 0.25) is 0 Å². The molecule has 0 aromatic carbocycles. The van der Waals surface area contributed by atoms with Crippen LogP contribution in [0.15, 0.2) is 0 Å². The number of hydrogen-bond donors (Lipinski definition) is 4. The average molecular weight is 320 g/mol. The van der Waals surface area contributed by atoms with Gasteiger partial charge in [-0.25, -0.2) is 0 Å². The highest BCUT2D eigenvalue weighted by molar-refractivity contribution is 5.70. The molecule has 1 aliphatic carbocycles. The van der Waals surface area contributed by atoms with Crippen molar-refractivity contribution in [3.8, 4) is 0 Å². The van der Waals surface area contributed by atoms with Gasteiger partial charge in [0.05, 0.1) is 0 Å². The van der Waals surface area contributed by atoms with Crippen LogP contribution in [-0.4, -0.2) is 69.0 Å². The Morgan fingerprint density at radius 1 is 0.727 bits per heavy atom. The van der Waals surface area contributed by atoms with Gasteiger partial charge >= 0.3 is 11.9 Å². The summed E-state index contributed by atoms with van der Waals surface area (Å²) in [5, 5.41) is 39.3. The number of aliphatic hydroxyl groups excluding tert-OH is 4. The molecule has 1 saturated carbocycles. The van der Waals surface area contributed by atoms with Gasteiger partial charge in [-0.15, -0.1) is 0 Å². The van der Waals surface area contributed by atoms with Gasteiger partial charge in [0.15, 0.2) is 12.2 Å². The number of aliphatic hydroxyl groups is 4. The topological polar surface area (TPSA) is 134 Å². The number of ether oxygens (including phenoxy) is 2. The van der Waals surface area contributed by atoms with E-state index >= 15 is 0 Å². The van der Waals surface area contributed by atoms with Crippen LogP contribution in [0.1, 0.15) is 39.5 Å². The fourth-order valence-electron chi connectivity index (χ4n) is 2.28. The van der Waals surface area contributed by atoms with Crippen LogP contribution in [0.25, 0.3) is 0 Å². The molecule has 0 aromatic rings. The number of rotatable bonds is 6. The summed E-state index contributed by atoms with van der Waals surface area (Å²) in [6.45, 7) is 3.51. The summed E-state index contributed by atoms with van der Waals surface area (Å²) in [5.41, 5.74) is 0. The lowest BCUT2D eigenvalue weighted by Gasteiger charge is -2.42. The summed E-state index contributed by atoms with van der Waals surface area (Å²) < 4.78 is 10.1. The Morgan fingerprint density at radius 3 is 1.32 bits per heavy atom. The molecule has 1 fully saturated rings. The normalized spacial score (nSPS) is 35.0. The van der Waals surface area contributed by atoms with Crippen molar-refractivity contribution in [3.63, 3.8) is 0 Å². The van der Waals surface area contributed by atoms with Crippen molar-refractivity contribution in [2.24, 2.45) is 0 Å². The molecule has 1 rings (SSSR count). The number of esters is 2. The standard InChI is InChI=1S/C14H24O8/c1-3-5-7(15)21-13-11(19)9(17)10(18)12(20)14(13)22-8(16)6-4-2/h9-14,17-20H,3-6H2,1-2H3/t9-,10-,11+,12+,13-,14+/m0/s1. The molecule has 8 nitrogen and oxygen atoms in total. The van der Waals surface area contributed by atoms with Crippen LogP contribution in [0, 0.1) is 0 Å². The van der Waals surface area contributed by atoms with E-state index < -0.39 is 48.6 Å². The molecular formula is C14H24O8. The Labute approximate surface area is 128 Å². The molecule has 0 unspecified atom stereocenters. The molecule has 0 saturated heterocycles. The van der Waals surface area contributed by atoms with Gasteiger partial charge in [-0.1, -0.05) is 13.8 Å². The Kier molecular flexibility index (Phi) is 7.21. The second kappa shape index (κ2) is 8.42. The van der Waals surface area contributed by atoms with Crippen LogP contribution in [0.5, 0.6) is 0 Å². The third kappa shape index (κ3) is 4.39. The monoisotopic (exact) mass is 320 g/mol. The third-order valence-corrected chi connectivity index (χ3v) is 3.49. The maximum Gasteiger partial charge on any atom is 0.306 e. The Bertz CT molecular complexity index is 349. The molecule has 8 heteroatoms. The number of carbonyl (C=O) groups excluding carboxylic acids is 2. The summed E-state index contributed by atoms with van der Waals surface area (Å²) in [6, 6.07) is 0. The molecule has 0 aromatic heterocycles. The van der Waals surface area contributed by atoms with E-state index in [0.717, 1.165) is 0 Å². The fraction of sp³-hybridized carbons (Fsp3) is 0.857. The zero-order valence-electron chi connectivity index (χ0n) is 12.7. The largest absolute Gasteiger partial charge is 0.455 e. The fourth-order valence-corrected chi connectivity index (χ4v) is 2.28. The van der Waals surface area contributed by atoms with Gasteiger partial charge in [-0.05, 0) is 12.8 Å². The van der Waals surface area contributed by atoms with E-state index in [2.05, 4.69) is 0 Å². The van der Waals surface area contributed by atoms with Gasteiger partial charge in [0, 0.05) is 12.8 Å². The van der Waals surface area contributed by atoms with E-state index in [1.165, 1.54) is 0 Å². The average Bonchev–Trinajstić information content (AvgIpc) is 2.47. The first-order valence-corrected chi connectivity index (χ1v) is 7.44. The van der Waals surface area contributed by atoms with Crippen LogP contribution in [0.4, 0.5) is 0 Å². The van der Waals surface area contributed by atoms with E-state index in [1.807, 2.05) is 0 Å². The van der Waals surface area contributed by atoms with Gasteiger partial charge in [-0.2, -0.15) is 0 Å². The maximum atomic E-state index is 11.6. The highest BCUT2D eigenvalue weighted by atomic mass is 16.6. The minimum Gasteiger partial charge on any atom is -0.455 e. The van der Waals surface area contributed by atoms with Crippen molar-refractivity contribution in [1.29, 1.82) is 0 Å². The number of hydrogen-bond acceptors (Lipinski definition) is 8. The van der Waals surface area contributed by atoms with E-state index in [-0.39, 0.29) is 12.8 Å². The van der Waals surface area contributed by atoms with E-state index in [0.29, 0.717) is 12.8 Å². The highest BCUT2D eigenvalue weighted by Gasteiger charge is 2.52. The first-order valence-electron chi connectivity index (χ1n) is 7.44. The smallest absolute Gasteiger partial charge is 0.306 e. The van der Waals surface area contributed by atoms with Gasteiger partial charge in [-0.3, -0.25) is 9.59 Å². The quantitative estimate of drug-likeness (QED) is 0.452. The Balaban J connectivity index is 2.91. The molecule has 1 aliphatic rings. The van der Waals surface area contributed by atoms with Crippen LogP contribution in [0.2, 0.25) is 0 Å². The molecule has 0 bridgehead atoms. The molecule has 4 N–H and O–H groups in total. The predicted molar refractivity (Wildman–Crippen MR) is 73.6 cm³/mol. The zero-order chi connectivity index (χ0) is 16.9. The van der Waals surface area contributed by atoms with Crippen molar-refractivity contribution in [1.82, 2.24) is 0 Å². The Hall–Kier alpha value is -1.22. The zero-order valence-corrected chi connectivity index (χ0v) is 12.7. The first kappa shape index (κ1) is 18.8. The maximum absolute atomic E-state index is 11.6. The minimum atomic E-state index is -1.71. The molecule has 128 valence electrons. The first-order chi connectivity index (χ1) is 10.3. The molecule has 0 heterocycles. The van der Waals surface area contributed by atoms with Crippen molar-refractivity contribution in [2.75, 3.05) is 0 Å². The van der Waals surface area contributed by atoms with Gasteiger partial charge in [0.25, 0.3) is 0 Å². The summed E-state index contributed by atoms with van der Waals surface area (Å²) in [6.07, 6.45) is -8.46. The van der Waals surface area contributed by atoms with Crippen LogP contribution in [-0.2, 0) is 19.1 Å². The lowest BCUT2D eigenvalue weighted by molar-refractivity contribution is -0.241. The van der Waals surface area contributed by atoms with Gasteiger partial charge < -0.3 is 29.9 Å². The third-order valence-electron chi connectivity index (χ3n) is 3.49. The SMILES string of the molecule is CCCC(=O)O[C@@H]1[C@H](O)[C@@H](O)[C@H](O)[C@@H](O)[C@@H]1OC(=O)CCC. The Morgan fingerprint density at radius 2 is 1.05 bits per heavy atom. The van der Waals surface area contributed by atoms with E-state index in [4.69, 9.17) is 9.47 Å². The summed E-state index contributed by atoms with van der Waals surface area (Å²) in [7, 11) is 0. The molecule has 0 radical (unpaired) electrons.